The zero-order chi connectivity index (χ0) is 26.6. The molecule has 3 aromatic heterocycles. The second-order valence-electron chi connectivity index (χ2n) is 10.3. The number of carboxylic acid groups (broad SMARTS) is 2. The van der Waals surface area contributed by atoms with E-state index in [1.807, 2.05) is 0 Å². The van der Waals surface area contributed by atoms with Crippen molar-refractivity contribution in [2.75, 3.05) is 0 Å². The van der Waals surface area contributed by atoms with Gasteiger partial charge in [0.15, 0.2) is 0 Å². The van der Waals surface area contributed by atoms with Crippen molar-refractivity contribution < 1.29 is 19.8 Å². The lowest BCUT2D eigenvalue weighted by molar-refractivity contribution is 0.0690. The minimum atomic E-state index is -0.856. The molecule has 206 valence electrons. The minimum Gasteiger partial charge on any atom is -0.477 e. The number of carboxylic acids is 2. The number of hydrogen-bond donors (Lipinski definition) is 2. The summed E-state index contributed by atoms with van der Waals surface area (Å²) in [5.74, 6) is -1.71. The molecule has 3 aromatic rings. The summed E-state index contributed by atoms with van der Waals surface area (Å²) < 4.78 is 4.14. The van der Waals surface area contributed by atoms with E-state index in [9.17, 15) is 19.8 Å². The van der Waals surface area contributed by atoms with E-state index in [1.165, 1.54) is 99.7 Å². The van der Waals surface area contributed by atoms with Crippen LogP contribution in [0.1, 0.15) is 147 Å². The predicted octanol–water partition coefficient (Wildman–Crippen LogP) is 10.9. The molecule has 0 fully saturated rings. The van der Waals surface area contributed by atoms with Gasteiger partial charge in [-0.2, -0.15) is 0 Å². The van der Waals surface area contributed by atoms with Crippen LogP contribution in [0.15, 0.2) is 0 Å². The molecule has 4 nitrogen and oxygen atoms in total. The van der Waals surface area contributed by atoms with Crippen molar-refractivity contribution in [2.45, 2.75) is 129 Å². The maximum atomic E-state index is 12.1. The van der Waals surface area contributed by atoms with E-state index in [1.54, 1.807) is 11.3 Å². The average molecular weight is 565 g/mol. The topological polar surface area (TPSA) is 74.6 Å². The highest BCUT2D eigenvalue weighted by Gasteiger charge is 2.26. The van der Waals surface area contributed by atoms with Crippen LogP contribution < -0.4 is 0 Å². The maximum Gasteiger partial charge on any atom is 0.346 e. The molecule has 0 spiro atoms. The Morgan fingerprint density at radius 1 is 0.486 bits per heavy atom. The smallest absolute Gasteiger partial charge is 0.346 e. The Morgan fingerprint density at radius 2 is 0.811 bits per heavy atom. The Bertz CT molecular complexity index is 1050. The fraction of sp³-hybridized carbons (Fsp3) is 0.667. The van der Waals surface area contributed by atoms with E-state index in [-0.39, 0.29) is 0 Å². The first-order valence-electron chi connectivity index (χ1n) is 14.5. The van der Waals surface area contributed by atoms with Gasteiger partial charge >= 0.3 is 11.9 Å². The minimum absolute atomic E-state index is 0.445. The average Bonchev–Trinajstić information content (AvgIpc) is 3.51. The molecule has 0 bridgehead atoms. The molecule has 0 aliphatic carbocycles. The lowest BCUT2D eigenvalue weighted by atomic mass is 10.0. The van der Waals surface area contributed by atoms with Crippen molar-refractivity contribution >= 4 is 64.7 Å². The highest BCUT2D eigenvalue weighted by molar-refractivity contribution is 7.39. The third kappa shape index (κ3) is 8.27. The van der Waals surface area contributed by atoms with Gasteiger partial charge in [0.25, 0.3) is 0 Å². The number of carbonyl (C=O) groups is 2. The van der Waals surface area contributed by atoms with Gasteiger partial charge in [-0.15, -0.1) is 34.0 Å². The number of unbranched alkanes of at least 4 members (excludes halogenated alkanes) is 14. The Morgan fingerprint density at radius 3 is 1.14 bits per heavy atom. The van der Waals surface area contributed by atoms with E-state index in [2.05, 4.69) is 13.8 Å². The number of rotatable bonds is 20. The van der Waals surface area contributed by atoms with Gasteiger partial charge in [-0.3, -0.25) is 0 Å². The van der Waals surface area contributed by atoms with Crippen molar-refractivity contribution in [3.8, 4) is 0 Å². The molecule has 3 heterocycles. The van der Waals surface area contributed by atoms with Crippen molar-refractivity contribution in [3.63, 3.8) is 0 Å². The molecule has 37 heavy (non-hydrogen) atoms. The normalized spacial score (nSPS) is 11.7. The molecular formula is C30H44O4S3. The lowest BCUT2D eigenvalue weighted by Gasteiger charge is -2.04. The molecule has 0 saturated carbocycles. The molecule has 3 rings (SSSR count). The molecule has 0 aliphatic rings. The predicted molar refractivity (Wildman–Crippen MR) is 162 cm³/mol. The van der Waals surface area contributed by atoms with Crippen molar-refractivity contribution in [3.05, 3.63) is 20.9 Å². The summed E-state index contributed by atoms with van der Waals surface area (Å²) in [4.78, 5) is 25.0. The third-order valence-electron chi connectivity index (χ3n) is 7.28. The van der Waals surface area contributed by atoms with E-state index >= 15 is 0 Å². The quantitative estimate of drug-likeness (QED) is 0.134. The summed E-state index contributed by atoms with van der Waals surface area (Å²) in [7, 11) is 0. The summed E-state index contributed by atoms with van der Waals surface area (Å²) in [5, 5.41) is 19.8. The highest BCUT2D eigenvalue weighted by Crippen LogP contribution is 2.49. The molecule has 2 N–H and O–H groups in total. The Balaban J connectivity index is 1.70. The number of hydrogen-bond acceptors (Lipinski definition) is 5. The molecule has 0 saturated heterocycles. The molecule has 0 aromatic carbocycles. The van der Waals surface area contributed by atoms with Crippen LogP contribution in [0.4, 0.5) is 0 Å². The van der Waals surface area contributed by atoms with Gasteiger partial charge in [0, 0.05) is 0 Å². The van der Waals surface area contributed by atoms with E-state index in [0.717, 1.165) is 68.5 Å². The third-order valence-corrected chi connectivity index (χ3v) is 11.4. The first kappa shape index (κ1) is 30.1. The molecule has 0 atom stereocenters. The maximum absolute atomic E-state index is 12.1. The summed E-state index contributed by atoms with van der Waals surface area (Å²) >= 11 is 4.34. The summed E-state index contributed by atoms with van der Waals surface area (Å²) in [5.41, 5.74) is 1.95. The van der Waals surface area contributed by atoms with E-state index in [4.69, 9.17) is 0 Å². The summed E-state index contributed by atoms with van der Waals surface area (Å²) in [6.07, 6.45) is 21.2. The van der Waals surface area contributed by atoms with Gasteiger partial charge < -0.3 is 10.2 Å². The Kier molecular flexibility index (Phi) is 12.9. The van der Waals surface area contributed by atoms with E-state index < -0.39 is 11.9 Å². The second kappa shape index (κ2) is 15.8. The molecule has 0 amide bonds. The molecular weight excluding hydrogens is 521 g/mol. The van der Waals surface area contributed by atoms with Crippen molar-refractivity contribution in [1.29, 1.82) is 0 Å². The van der Waals surface area contributed by atoms with Gasteiger partial charge in [0.2, 0.25) is 0 Å². The first-order valence-corrected chi connectivity index (χ1v) is 16.9. The Labute approximate surface area is 234 Å². The van der Waals surface area contributed by atoms with Crippen molar-refractivity contribution in [1.82, 2.24) is 0 Å². The highest BCUT2D eigenvalue weighted by atomic mass is 32.1. The fourth-order valence-corrected chi connectivity index (χ4v) is 9.50. The summed E-state index contributed by atoms with van der Waals surface area (Å²) in [6.45, 7) is 4.47. The number of thiophene rings is 3. The van der Waals surface area contributed by atoms with Gasteiger partial charge in [-0.1, -0.05) is 104 Å². The lowest BCUT2D eigenvalue weighted by Crippen LogP contribution is -1.98. The van der Waals surface area contributed by atoms with Gasteiger partial charge in [0.05, 0.1) is 18.8 Å². The zero-order valence-electron chi connectivity index (χ0n) is 22.7. The molecule has 7 heteroatoms. The number of aryl methyl sites for hydroxylation is 2. The van der Waals surface area contributed by atoms with Crippen LogP contribution in [0.2, 0.25) is 0 Å². The SMILES string of the molecule is CCCCCCCCCCc1c(C(=O)O)sc2c1sc1c(CCCCCCCCCC)c(C(=O)O)sc12. The van der Waals surface area contributed by atoms with Crippen LogP contribution in [0.25, 0.3) is 18.8 Å². The standard InChI is InChI=1S/C30H44O4S3/c1-3-5-7-9-11-13-15-17-19-21-23-27(36-25(21)29(31)32)28-24(35-23)22(26(37-28)30(33)34)20-18-16-14-12-10-8-6-4-2/h3-20H2,1-2H3,(H,31,32)(H,33,34). The Hall–Kier alpha value is -1.44. The monoisotopic (exact) mass is 564 g/mol. The van der Waals surface area contributed by atoms with Crippen LogP contribution in [-0.4, -0.2) is 22.2 Å². The fourth-order valence-electron chi connectivity index (χ4n) is 5.19. The number of aromatic carboxylic acids is 2. The second-order valence-corrected chi connectivity index (χ2v) is 13.4. The molecule has 0 radical (unpaired) electrons. The van der Waals surface area contributed by atoms with Crippen LogP contribution in [-0.2, 0) is 12.8 Å². The van der Waals surface area contributed by atoms with Crippen molar-refractivity contribution in [2.24, 2.45) is 0 Å². The zero-order valence-corrected chi connectivity index (χ0v) is 25.1. The van der Waals surface area contributed by atoms with Gasteiger partial charge in [-0.25, -0.2) is 9.59 Å². The largest absolute Gasteiger partial charge is 0.477 e. The van der Waals surface area contributed by atoms with Crippen LogP contribution >= 0.6 is 34.0 Å². The van der Waals surface area contributed by atoms with Crippen LogP contribution in [0, 0.1) is 0 Å². The molecule has 0 unspecified atom stereocenters. The summed E-state index contributed by atoms with van der Waals surface area (Å²) in [6, 6.07) is 0. The van der Waals surface area contributed by atoms with Crippen LogP contribution in [0.5, 0.6) is 0 Å². The van der Waals surface area contributed by atoms with E-state index in [0.29, 0.717) is 9.75 Å². The van der Waals surface area contributed by atoms with Gasteiger partial charge in [-0.05, 0) is 36.8 Å². The van der Waals surface area contributed by atoms with Crippen LogP contribution in [0.3, 0.4) is 0 Å². The number of fused-ring (bicyclic) bond motifs is 3. The van der Waals surface area contributed by atoms with Gasteiger partial charge in [0.1, 0.15) is 9.75 Å². The first-order chi connectivity index (χ1) is 18.0. The molecule has 0 aliphatic heterocycles.